The molecule has 154 valence electrons. The van der Waals surface area contributed by atoms with Crippen molar-refractivity contribution in [1.82, 2.24) is 10.3 Å². The summed E-state index contributed by atoms with van der Waals surface area (Å²) in [7, 11) is 0. The van der Waals surface area contributed by atoms with E-state index < -0.39 is 0 Å². The quantitative estimate of drug-likeness (QED) is 0.641. The van der Waals surface area contributed by atoms with Crippen molar-refractivity contribution < 1.29 is 9.15 Å². The van der Waals surface area contributed by atoms with E-state index >= 15 is 0 Å². The van der Waals surface area contributed by atoms with E-state index in [0.29, 0.717) is 5.11 Å². The van der Waals surface area contributed by atoms with Crippen LogP contribution < -0.4 is 15.1 Å². The number of anilines is 2. The molecule has 0 bridgehead atoms. The Morgan fingerprint density at radius 1 is 1.00 bits per heavy atom. The fourth-order valence-corrected chi connectivity index (χ4v) is 4.53. The predicted octanol–water partition coefficient (Wildman–Crippen LogP) is 4.00. The Hall–Kier alpha value is -2.90. The van der Waals surface area contributed by atoms with E-state index in [-0.39, 0.29) is 12.1 Å². The van der Waals surface area contributed by atoms with Crippen LogP contribution in [0.25, 0.3) is 0 Å². The summed E-state index contributed by atoms with van der Waals surface area (Å²) in [5, 5.41) is 4.13. The Morgan fingerprint density at radius 3 is 2.43 bits per heavy atom. The number of pyridine rings is 1. The van der Waals surface area contributed by atoms with Gasteiger partial charge >= 0.3 is 0 Å². The maximum Gasteiger partial charge on any atom is 0.174 e. The SMILES string of the molecule is Cc1ccc([C@H]2[C@H](c3ccccn3)NC(=S)N2c2ccc(N3CCOCC3)cc2)o1. The first-order valence-corrected chi connectivity index (χ1v) is 10.6. The van der Waals surface area contributed by atoms with Crippen molar-refractivity contribution in [1.29, 1.82) is 0 Å². The molecule has 2 aromatic heterocycles. The van der Waals surface area contributed by atoms with E-state index in [0.717, 1.165) is 49.2 Å². The number of aromatic nitrogens is 1. The number of aryl methyl sites for hydroxylation is 1. The zero-order valence-electron chi connectivity index (χ0n) is 16.8. The van der Waals surface area contributed by atoms with Crippen molar-refractivity contribution in [3.63, 3.8) is 0 Å². The lowest BCUT2D eigenvalue weighted by Crippen LogP contribution is -2.36. The molecule has 30 heavy (non-hydrogen) atoms. The normalized spacial score (nSPS) is 21.7. The van der Waals surface area contributed by atoms with E-state index in [4.69, 9.17) is 21.4 Å². The lowest BCUT2D eigenvalue weighted by atomic mass is 10.0. The Kier molecular flexibility index (Phi) is 5.14. The number of rotatable bonds is 4. The van der Waals surface area contributed by atoms with Crippen molar-refractivity contribution in [2.75, 3.05) is 36.1 Å². The second-order valence-electron chi connectivity index (χ2n) is 7.56. The number of hydrogen-bond donors (Lipinski definition) is 1. The lowest BCUT2D eigenvalue weighted by Gasteiger charge is -2.30. The smallest absolute Gasteiger partial charge is 0.174 e. The molecule has 0 radical (unpaired) electrons. The van der Waals surface area contributed by atoms with Gasteiger partial charge in [0, 0.05) is 30.7 Å². The van der Waals surface area contributed by atoms with Crippen molar-refractivity contribution >= 4 is 28.7 Å². The number of hydrogen-bond acceptors (Lipinski definition) is 5. The second-order valence-corrected chi connectivity index (χ2v) is 7.95. The predicted molar refractivity (Wildman–Crippen MR) is 121 cm³/mol. The second kappa shape index (κ2) is 8.08. The molecule has 5 rings (SSSR count). The first kappa shape index (κ1) is 19.1. The van der Waals surface area contributed by atoms with Crippen LogP contribution in [0.2, 0.25) is 0 Å². The average molecular weight is 421 g/mol. The minimum absolute atomic E-state index is 0.0943. The summed E-state index contributed by atoms with van der Waals surface area (Å²) in [5.41, 5.74) is 3.17. The Balaban J connectivity index is 1.50. The Labute approximate surface area is 181 Å². The van der Waals surface area contributed by atoms with Crippen molar-refractivity contribution in [2.45, 2.75) is 19.0 Å². The van der Waals surface area contributed by atoms with Gasteiger partial charge in [-0.15, -0.1) is 0 Å². The maximum absolute atomic E-state index is 6.05. The summed E-state index contributed by atoms with van der Waals surface area (Å²) in [5.74, 6) is 1.75. The van der Waals surface area contributed by atoms with Crippen LogP contribution in [0.1, 0.15) is 29.3 Å². The van der Waals surface area contributed by atoms with Crippen LogP contribution in [-0.2, 0) is 4.74 Å². The fraction of sp³-hybridized carbons (Fsp3) is 0.304. The minimum atomic E-state index is -0.115. The largest absolute Gasteiger partial charge is 0.464 e. The van der Waals surface area contributed by atoms with Gasteiger partial charge in [0.15, 0.2) is 5.11 Å². The molecule has 2 aliphatic rings. The molecule has 4 heterocycles. The summed E-state index contributed by atoms with van der Waals surface area (Å²) in [6, 6.07) is 18.3. The molecule has 7 heteroatoms. The van der Waals surface area contributed by atoms with Gasteiger partial charge in [-0.2, -0.15) is 0 Å². The maximum atomic E-state index is 6.05. The van der Waals surface area contributed by atoms with E-state index in [9.17, 15) is 0 Å². The molecule has 1 N–H and O–H groups in total. The molecule has 6 nitrogen and oxygen atoms in total. The van der Waals surface area contributed by atoms with Gasteiger partial charge in [-0.05, 0) is 67.7 Å². The average Bonchev–Trinajstić information content (AvgIpc) is 3.38. The van der Waals surface area contributed by atoms with Gasteiger partial charge in [0.25, 0.3) is 0 Å². The lowest BCUT2D eigenvalue weighted by molar-refractivity contribution is 0.122. The fourth-order valence-electron chi connectivity index (χ4n) is 4.18. The van der Waals surface area contributed by atoms with Crippen molar-refractivity contribution in [2.24, 2.45) is 0 Å². The molecule has 3 aromatic rings. The van der Waals surface area contributed by atoms with Crippen LogP contribution in [0.4, 0.5) is 11.4 Å². The van der Waals surface area contributed by atoms with Crippen LogP contribution in [0.5, 0.6) is 0 Å². The highest BCUT2D eigenvalue weighted by Crippen LogP contribution is 2.42. The highest BCUT2D eigenvalue weighted by atomic mass is 32.1. The molecular formula is C23H24N4O2S. The molecule has 0 unspecified atom stereocenters. The first-order valence-electron chi connectivity index (χ1n) is 10.2. The summed E-state index contributed by atoms with van der Waals surface area (Å²) >= 11 is 5.76. The molecule has 2 saturated heterocycles. The van der Waals surface area contributed by atoms with E-state index in [1.807, 2.05) is 43.5 Å². The third-order valence-corrected chi connectivity index (χ3v) is 5.97. The minimum Gasteiger partial charge on any atom is -0.464 e. The highest BCUT2D eigenvalue weighted by Gasteiger charge is 2.42. The molecule has 2 aliphatic heterocycles. The van der Waals surface area contributed by atoms with Gasteiger partial charge in [0.1, 0.15) is 17.6 Å². The number of thiocarbonyl (C=S) groups is 1. The van der Waals surface area contributed by atoms with Gasteiger partial charge in [-0.3, -0.25) is 4.98 Å². The molecular weight excluding hydrogens is 396 g/mol. The van der Waals surface area contributed by atoms with Crippen LogP contribution in [0.15, 0.2) is 65.2 Å². The van der Waals surface area contributed by atoms with E-state index in [1.54, 1.807) is 0 Å². The summed E-state index contributed by atoms with van der Waals surface area (Å²) in [4.78, 5) is 9.05. The molecule has 0 saturated carbocycles. The van der Waals surface area contributed by atoms with E-state index in [2.05, 4.69) is 44.4 Å². The molecule has 1 aromatic carbocycles. The number of nitrogens with zero attached hydrogens (tertiary/aromatic N) is 3. The van der Waals surface area contributed by atoms with Gasteiger partial charge in [0.05, 0.1) is 24.9 Å². The van der Waals surface area contributed by atoms with Gasteiger partial charge < -0.3 is 24.3 Å². The van der Waals surface area contributed by atoms with Gasteiger partial charge in [-0.1, -0.05) is 6.07 Å². The number of benzene rings is 1. The highest BCUT2D eigenvalue weighted by molar-refractivity contribution is 7.80. The van der Waals surface area contributed by atoms with Crippen LogP contribution >= 0.6 is 12.2 Å². The molecule has 0 spiro atoms. The molecule has 2 fully saturated rings. The molecule has 0 amide bonds. The third kappa shape index (κ3) is 3.55. The summed E-state index contributed by atoms with van der Waals surface area (Å²) in [6.07, 6.45) is 1.81. The molecule has 2 atom stereocenters. The monoisotopic (exact) mass is 420 g/mol. The standard InChI is InChI=1S/C23H24N4O2S/c1-16-5-10-20(29-16)22-21(19-4-2-3-11-24-19)25-23(30)27(22)18-8-6-17(7-9-18)26-12-14-28-15-13-26/h2-11,21-22H,12-15H2,1H3,(H,25,30)/t21-,22-/m0/s1. The third-order valence-electron chi connectivity index (χ3n) is 5.65. The van der Waals surface area contributed by atoms with Crippen LogP contribution in [0.3, 0.4) is 0 Å². The summed E-state index contributed by atoms with van der Waals surface area (Å²) in [6.45, 7) is 5.33. The topological polar surface area (TPSA) is 53.8 Å². The number of morpholine rings is 1. The summed E-state index contributed by atoms with van der Waals surface area (Å²) < 4.78 is 11.5. The molecule has 0 aliphatic carbocycles. The van der Waals surface area contributed by atoms with Crippen LogP contribution in [0, 0.1) is 6.92 Å². The first-order chi connectivity index (χ1) is 14.7. The number of furan rings is 1. The van der Waals surface area contributed by atoms with Crippen molar-refractivity contribution in [3.05, 3.63) is 78.0 Å². The van der Waals surface area contributed by atoms with Crippen molar-refractivity contribution in [3.8, 4) is 0 Å². The number of ether oxygens (including phenoxy) is 1. The Bertz CT molecular complexity index is 1020. The van der Waals surface area contributed by atoms with Gasteiger partial charge in [-0.25, -0.2) is 0 Å². The number of nitrogens with one attached hydrogen (secondary N) is 1. The van der Waals surface area contributed by atoms with E-state index in [1.165, 1.54) is 5.69 Å². The Morgan fingerprint density at radius 2 is 1.77 bits per heavy atom. The van der Waals surface area contributed by atoms with Crippen LogP contribution in [-0.4, -0.2) is 36.4 Å². The van der Waals surface area contributed by atoms with Gasteiger partial charge in [0.2, 0.25) is 0 Å². The zero-order chi connectivity index (χ0) is 20.5. The zero-order valence-corrected chi connectivity index (χ0v) is 17.6.